The summed E-state index contributed by atoms with van der Waals surface area (Å²) in [5.41, 5.74) is 7.28. The number of nitrogens with two attached hydrogens (primary N) is 1. The number of halogens is 1. The molecule has 1 saturated heterocycles. The molecular formula is C13H18ClNO2. The molecule has 0 saturated carbocycles. The van der Waals surface area contributed by atoms with Crippen LogP contribution in [-0.2, 0) is 4.74 Å². The van der Waals surface area contributed by atoms with Crippen molar-refractivity contribution in [3.8, 4) is 5.75 Å². The molecule has 1 aromatic carbocycles. The average Bonchev–Trinajstić information content (AvgIpc) is 2.74. The van der Waals surface area contributed by atoms with Gasteiger partial charge in [-0.1, -0.05) is 11.6 Å². The fourth-order valence-electron chi connectivity index (χ4n) is 2.42. The van der Waals surface area contributed by atoms with Crippen molar-refractivity contribution in [3.63, 3.8) is 0 Å². The Kier molecular flexibility index (Phi) is 3.92. The molecule has 1 fully saturated rings. The predicted molar refractivity (Wildman–Crippen MR) is 68.5 cm³/mol. The highest BCUT2D eigenvalue weighted by atomic mass is 35.5. The third kappa shape index (κ3) is 2.57. The minimum absolute atomic E-state index is 0.0962. The lowest BCUT2D eigenvalue weighted by molar-refractivity contribution is 0.0992. The zero-order chi connectivity index (χ0) is 12.4. The summed E-state index contributed by atoms with van der Waals surface area (Å²) in [5, 5.41) is 0.683. The van der Waals surface area contributed by atoms with Gasteiger partial charge in [0.05, 0.1) is 13.2 Å². The fourth-order valence-corrected chi connectivity index (χ4v) is 2.60. The van der Waals surface area contributed by atoms with Crippen molar-refractivity contribution in [1.29, 1.82) is 0 Å². The lowest BCUT2D eigenvalue weighted by Gasteiger charge is -2.24. The van der Waals surface area contributed by atoms with E-state index in [-0.39, 0.29) is 12.1 Å². The molecule has 0 radical (unpaired) electrons. The van der Waals surface area contributed by atoms with E-state index in [9.17, 15) is 0 Å². The van der Waals surface area contributed by atoms with Gasteiger partial charge in [0.25, 0.3) is 0 Å². The number of benzene rings is 1. The van der Waals surface area contributed by atoms with Crippen molar-refractivity contribution in [2.45, 2.75) is 25.5 Å². The van der Waals surface area contributed by atoms with E-state index in [1.54, 1.807) is 7.11 Å². The molecule has 0 aliphatic carbocycles. The van der Waals surface area contributed by atoms with E-state index in [2.05, 4.69) is 6.92 Å². The van der Waals surface area contributed by atoms with E-state index in [0.29, 0.717) is 10.9 Å². The lowest BCUT2D eigenvalue weighted by Crippen LogP contribution is -2.26. The molecule has 17 heavy (non-hydrogen) atoms. The minimum atomic E-state index is -0.0962. The van der Waals surface area contributed by atoms with Gasteiger partial charge in [0.15, 0.2) is 0 Å². The first-order valence-electron chi connectivity index (χ1n) is 5.84. The van der Waals surface area contributed by atoms with Gasteiger partial charge in [-0.3, -0.25) is 0 Å². The van der Waals surface area contributed by atoms with Crippen molar-refractivity contribution in [1.82, 2.24) is 0 Å². The largest absolute Gasteiger partial charge is 0.496 e. The van der Waals surface area contributed by atoms with E-state index in [1.165, 1.54) is 0 Å². The van der Waals surface area contributed by atoms with E-state index in [0.717, 1.165) is 24.3 Å². The van der Waals surface area contributed by atoms with E-state index < -0.39 is 0 Å². The molecular weight excluding hydrogens is 238 g/mol. The zero-order valence-corrected chi connectivity index (χ0v) is 10.9. The molecule has 2 rings (SSSR count). The Bertz CT molecular complexity index is 397. The summed E-state index contributed by atoms with van der Waals surface area (Å²) in [6, 6.07) is 5.46. The molecule has 1 aliphatic rings. The molecule has 94 valence electrons. The van der Waals surface area contributed by atoms with Gasteiger partial charge in [-0.25, -0.2) is 0 Å². The Hall–Kier alpha value is -0.770. The molecule has 0 amide bonds. The van der Waals surface area contributed by atoms with Crippen LogP contribution in [0.15, 0.2) is 18.2 Å². The molecule has 1 aromatic rings. The van der Waals surface area contributed by atoms with Crippen LogP contribution in [0.2, 0.25) is 5.02 Å². The molecule has 0 bridgehead atoms. The fraction of sp³-hybridized carbons (Fsp3) is 0.538. The Labute approximate surface area is 107 Å². The highest BCUT2D eigenvalue weighted by molar-refractivity contribution is 6.30. The van der Waals surface area contributed by atoms with Gasteiger partial charge >= 0.3 is 0 Å². The van der Waals surface area contributed by atoms with Crippen LogP contribution in [-0.4, -0.2) is 19.8 Å². The maximum Gasteiger partial charge on any atom is 0.123 e. The van der Waals surface area contributed by atoms with Gasteiger partial charge in [-0.05, 0) is 31.5 Å². The van der Waals surface area contributed by atoms with Crippen molar-refractivity contribution in [2.75, 3.05) is 13.7 Å². The maximum absolute atomic E-state index is 6.32. The summed E-state index contributed by atoms with van der Waals surface area (Å²) in [4.78, 5) is 0. The molecule has 2 N–H and O–H groups in total. The second-order valence-corrected chi connectivity index (χ2v) is 4.88. The summed E-state index contributed by atoms with van der Waals surface area (Å²) >= 11 is 6.02. The van der Waals surface area contributed by atoms with Crippen molar-refractivity contribution < 1.29 is 9.47 Å². The number of rotatable bonds is 3. The van der Waals surface area contributed by atoms with E-state index in [1.807, 2.05) is 18.2 Å². The highest BCUT2D eigenvalue weighted by Crippen LogP contribution is 2.36. The highest BCUT2D eigenvalue weighted by Gasteiger charge is 2.32. The first kappa shape index (κ1) is 12.7. The van der Waals surface area contributed by atoms with Crippen LogP contribution in [0.25, 0.3) is 0 Å². The third-order valence-electron chi connectivity index (χ3n) is 3.45. The molecule has 3 atom stereocenters. The molecule has 3 nitrogen and oxygen atoms in total. The normalized spacial score (nSPS) is 25.9. The van der Waals surface area contributed by atoms with Crippen LogP contribution in [0, 0.1) is 5.92 Å². The van der Waals surface area contributed by atoms with Gasteiger partial charge in [-0.2, -0.15) is 0 Å². The Morgan fingerprint density at radius 3 is 2.88 bits per heavy atom. The second kappa shape index (κ2) is 5.25. The molecule has 1 heterocycles. The molecule has 0 spiro atoms. The summed E-state index contributed by atoms with van der Waals surface area (Å²) in [6.45, 7) is 2.84. The summed E-state index contributed by atoms with van der Waals surface area (Å²) < 4.78 is 10.9. The Balaban J connectivity index is 2.28. The lowest BCUT2D eigenvalue weighted by atomic mass is 9.88. The number of hydrogen-bond donors (Lipinski definition) is 1. The maximum atomic E-state index is 6.32. The standard InChI is InChI=1S/C13H18ClNO2/c1-8-10(5-6-17-8)13(15)11-7-9(14)3-4-12(11)16-2/h3-4,7-8,10,13H,5-6,15H2,1-2H3. The van der Waals surface area contributed by atoms with Crippen molar-refractivity contribution >= 4 is 11.6 Å². The van der Waals surface area contributed by atoms with Crippen LogP contribution >= 0.6 is 11.6 Å². The summed E-state index contributed by atoms with van der Waals surface area (Å²) in [6.07, 6.45) is 1.17. The monoisotopic (exact) mass is 255 g/mol. The SMILES string of the molecule is COc1ccc(Cl)cc1C(N)C1CCOC1C. The molecule has 4 heteroatoms. The zero-order valence-electron chi connectivity index (χ0n) is 10.2. The quantitative estimate of drug-likeness (QED) is 0.903. The Morgan fingerprint density at radius 1 is 1.53 bits per heavy atom. The molecule has 1 aliphatic heterocycles. The molecule has 3 unspecified atom stereocenters. The molecule has 0 aromatic heterocycles. The number of hydrogen-bond acceptors (Lipinski definition) is 3. The van der Waals surface area contributed by atoms with Gasteiger partial charge < -0.3 is 15.2 Å². The van der Waals surface area contributed by atoms with Crippen LogP contribution in [0.4, 0.5) is 0 Å². The van der Waals surface area contributed by atoms with Crippen LogP contribution < -0.4 is 10.5 Å². The van der Waals surface area contributed by atoms with Crippen molar-refractivity contribution in [2.24, 2.45) is 11.7 Å². The Morgan fingerprint density at radius 2 is 2.29 bits per heavy atom. The van der Waals surface area contributed by atoms with Crippen LogP contribution in [0.1, 0.15) is 24.9 Å². The van der Waals surface area contributed by atoms with Crippen LogP contribution in [0.3, 0.4) is 0 Å². The first-order valence-corrected chi connectivity index (χ1v) is 6.22. The summed E-state index contributed by atoms with van der Waals surface area (Å²) in [5.74, 6) is 1.11. The smallest absolute Gasteiger partial charge is 0.123 e. The number of methoxy groups -OCH3 is 1. The average molecular weight is 256 g/mol. The second-order valence-electron chi connectivity index (χ2n) is 4.44. The third-order valence-corrected chi connectivity index (χ3v) is 3.68. The van der Waals surface area contributed by atoms with E-state index >= 15 is 0 Å². The summed E-state index contributed by atoms with van der Waals surface area (Å²) in [7, 11) is 1.65. The topological polar surface area (TPSA) is 44.5 Å². The first-order chi connectivity index (χ1) is 8.13. The van der Waals surface area contributed by atoms with E-state index in [4.69, 9.17) is 26.8 Å². The van der Waals surface area contributed by atoms with Crippen LogP contribution in [0.5, 0.6) is 5.75 Å². The van der Waals surface area contributed by atoms with Gasteiger partial charge in [0.2, 0.25) is 0 Å². The van der Waals surface area contributed by atoms with Crippen molar-refractivity contribution in [3.05, 3.63) is 28.8 Å². The van der Waals surface area contributed by atoms with Gasteiger partial charge in [0.1, 0.15) is 5.75 Å². The number of ether oxygens (including phenoxy) is 2. The minimum Gasteiger partial charge on any atom is -0.496 e. The van der Waals surface area contributed by atoms with Gasteiger partial charge in [-0.15, -0.1) is 0 Å². The van der Waals surface area contributed by atoms with Gasteiger partial charge in [0, 0.05) is 29.2 Å². The predicted octanol–water partition coefficient (Wildman–Crippen LogP) is 2.77.